The minimum absolute atomic E-state index is 0.0253. The van der Waals surface area contributed by atoms with Gasteiger partial charge in [0.05, 0.1) is 12.6 Å². The molecule has 0 saturated carbocycles. The van der Waals surface area contributed by atoms with Gasteiger partial charge in [-0.1, -0.05) is 19.1 Å². The van der Waals surface area contributed by atoms with Gasteiger partial charge in [-0.2, -0.15) is 0 Å². The van der Waals surface area contributed by atoms with Gasteiger partial charge in [0, 0.05) is 12.0 Å². The second-order valence-corrected chi connectivity index (χ2v) is 5.67. The van der Waals surface area contributed by atoms with Crippen molar-refractivity contribution in [1.82, 2.24) is 10.3 Å². The van der Waals surface area contributed by atoms with E-state index in [0.717, 1.165) is 25.2 Å². The van der Waals surface area contributed by atoms with Crippen LogP contribution in [0.3, 0.4) is 0 Å². The van der Waals surface area contributed by atoms with Crippen LogP contribution in [0.1, 0.15) is 37.4 Å². The number of likely N-dealkylation sites (N-methyl/N-ethyl adjacent to an activating group) is 1. The number of nitrogens with zero attached hydrogens (tertiary/aromatic N) is 1. The lowest BCUT2D eigenvalue weighted by Crippen LogP contribution is -2.53. The van der Waals surface area contributed by atoms with Crippen molar-refractivity contribution in [3.63, 3.8) is 0 Å². The molecule has 0 radical (unpaired) electrons. The highest BCUT2D eigenvalue weighted by Crippen LogP contribution is 2.35. The summed E-state index contributed by atoms with van der Waals surface area (Å²) in [4.78, 5) is 2.24. The van der Waals surface area contributed by atoms with E-state index in [1.54, 1.807) is 0 Å². The monoisotopic (exact) mass is 263 g/mol. The molecule has 0 spiro atoms. The Balaban J connectivity index is 2.36. The maximum Gasteiger partial charge on any atom is 0.122 e. The fourth-order valence-electron chi connectivity index (χ4n) is 2.80. The Kier molecular flexibility index (Phi) is 4.13. The molecule has 0 fully saturated rings. The van der Waals surface area contributed by atoms with E-state index in [2.05, 4.69) is 56.5 Å². The van der Waals surface area contributed by atoms with Crippen LogP contribution in [-0.2, 0) is 6.42 Å². The smallest absolute Gasteiger partial charge is 0.122 e. The predicted octanol–water partition coefficient (Wildman–Crippen LogP) is 1.86. The van der Waals surface area contributed by atoms with E-state index >= 15 is 0 Å². The first-order valence-corrected chi connectivity index (χ1v) is 6.92. The van der Waals surface area contributed by atoms with Crippen molar-refractivity contribution >= 4 is 0 Å². The van der Waals surface area contributed by atoms with Gasteiger partial charge in [0.1, 0.15) is 5.75 Å². The second kappa shape index (κ2) is 5.49. The highest BCUT2D eigenvalue weighted by Gasteiger charge is 2.35. The molecular weight excluding hydrogens is 238 g/mol. The first-order chi connectivity index (χ1) is 9.02. The van der Waals surface area contributed by atoms with Gasteiger partial charge in [-0.15, -0.1) is 0 Å². The number of hydrazine groups is 1. The molecule has 1 aliphatic rings. The zero-order valence-corrected chi connectivity index (χ0v) is 12.4. The van der Waals surface area contributed by atoms with E-state index in [9.17, 15) is 0 Å². The number of fused-ring (bicyclic) bond motifs is 1. The maximum atomic E-state index is 5.84. The SMILES string of the molecule is CCC(C)(C(NN)c1ccc2c(c1)CCO2)N(C)C. The summed E-state index contributed by atoms with van der Waals surface area (Å²) in [6.07, 6.45) is 2.01. The molecule has 2 unspecified atom stereocenters. The van der Waals surface area contributed by atoms with E-state index in [4.69, 9.17) is 10.6 Å². The van der Waals surface area contributed by atoms with Gasteiger partial charge >= 0.3 is 0 Å². The molecule has 0 amide bonds. The molecule has 106 valence electrons. The van der Waals surface area contributed by atoms with Crippen molar-refractivity contribution in [2.24, 2.45) is 5.84 Å². The molecule has 1 aromatic carbocycles. The number of benzene rings is 1. The van der Waals surface area contributed by atoms with Crippen molar-refractivity contribution in [3.05, 3.63) is 29.3 Å². The third kappa shape index (κ3) is 2.48. The van der Waals surface area contributed by atoms with Crippen LogP contribution in [0.4, 0.5) is 0 Å². The molecule has 0 aliphatic carbocycles. The molecule has 3 N–H and O–H groups in total. The van der Waals surface area contributed by atoms with Crippen molar-refractivity contribution in [1.29, 1.82) is 0 Å². The van der Waals surface area contributed by atoms with Crippen molar-refractivity contribution in [2.45, 2.75) is 38.3 Å². The zero-order valence-electron chi connectivity index (χ0n) is 12.4. The Labute approximate surface area is 115 Å². The number of hydrogen-bond acceptors (Lipinski definition) is 4. The molecular formula is C15H25N3O. The number of nitrogens with one attached hydrogen (secondary N) is 1. The summed E-state index contributed by atoms with van der Waals surface area (Å²) < 4.78 is 5.56. The Morgan fingerprint density at radius 1 is 1.47 bits per heavy atom. The van der Waals surface area contributed by atoms with Crippen molar-refractivity contribution in [2.75, 3.05) is 20.7 Å². The van der Waals surface area contributed by atoms with Gasteiger partial charge in [-0.3, -0.25) is 11.3 Å². The quantitative estimate of drug-likeness (QED) is 0.629. The van der Waals surface area contributed by atoms with Crippen LogP contribution < -0.4 is 16.0 Å². The lowest BCUT2D eigenvalue weighted by Gasteiger charge is -2.42. The molecule has 4 nitrogen and oxygen atoms in total. The number of ether oxygens (including phenoxy) is 1. The summed E-state index contributed by atoms with van der Waals surface area (Å²) in [6.45, 7) is 5.22. The van der Waals surface area contributed by atoms with Crippen molar-refractivity contribution < 1.29 is 4.74 Å². The molecule has 19 heavy (non-hydrogen) atoms. The van der Waals surface area contributed by atoms with Crippen LogP contribution in [0.25, 0.3) is 0 Å². The van der Waals surface area contributed by atoms with Gasteiger partial charge < -0.3 is 9.64 Å². The summed E-state index contributed by atoms with van der Waals surface area (Å²) in [5.74, 6) is 6.86. The molecule has 0 bridgehead atoms. The van der Waals surface area contributed by atoms with Gasteiger partial charge in [0.15, 0.2) is 0 Å². The fourth-order valence-corrected chi connectivity index (χ4v) is 2.80. The standard InChI is InChI=1S/C15H25N3O/c1-5-15(2,18(3)4)14(17-16)12-6-7-13-11(10-12)8-9-19-13/h6-7,10,14,17H,5,8-9,16H2,1-4H3. The molecule has 1 heterocycles. The lowest BCUT2D eigenvalue weighted by atomic mass is 9.83. The first-order valence-electron chi connectivity index (χ1n) is 6.92. The summed E-state index contributed by atoms with van der Waals surface area (Å²) in [5, 5.41) is 0. The lowest BCUT2D eigenvalue weighted by molar-refractivity contribution is 0.113. The predicted molar refractivity (Wildman–Crippen MR) is 78.1 cm³/mol. The van der Waals surface area contributed by atoms with Gasteiger partial charge in [-0.25, -0.2) is 0 Å². The molecule has 0 aromatic heterocycles. The van der Waals surface area contributed by atoms with Crippen LogP contribution in [0.15, 0.2) is 18.2 Å². The topological polar surface area (TPSA) is 50.5 Å². The first kappa shape index (κ1) is 14.3. The third-order valence-corrected chi connectivity index (χ3v) is 4.57. The second-order valence-electron chi connectivity index (χ2n) is 5.67. The minimum atomic E-state index is -0.0253. The highest BCUT2D eigenvalue weighted by atomic mass is 16.5. The average molecular weight is 263 g/mol. The summed E-state index contributed by atoms with van der Waals surface area (Å²) >= 11 is 0. The molecule has 0 saturated heterocycles. The Morgan fingerprint density at radius 2 is 2.21 bits per heavy atom. The van der Waals surface area contributed by atoms with Gasteiger partial charge in [-0.05, 0) is 44.6 Å². The van der Waals surface area contributed by atoms with Gasteiger partial charge in [0.2, 0.25) is 0 Å². The molecule has 2 rings (SSSR count). The normalized spacial score (nSPS) is 18.8. The molecule has 1 aliphatic heterocycles. The number of nitrogens with two attached hydrogens (primary N) is 1. The largest absolute Gasteiger partial charge is 0.493 e. The van der Waals surface area contributed by atoms with Crippen molar-refractivity contribution in [3.8, 4) is 5.75 Å². The average Bonchev–Trinajstić information content (AvgIpc) is 2.86. The number of rotatable bonds is 5. The molecule has 2 atom stereocenters. The van der Waals surface area contributed by atoms with Crippen LogP contribution in [0, 0.1) is 0 Å². The Morgan fingerprint density at radius 3 is 2.79 bits per heavy atom. The Hall–Kier alpha value is -1.10. The number of hydrogen-bond donors (Lipinski definition) is 2. The van der Waals surface area contributed by atoms with E-state index in [1.165, 1.54) is 11.1 Å². The van der Waals surface area contributed by atoms with Crippen LogP contribution in [-0.4, -0.2) is 31.1 Å². The Bertz CT molecular complexity index is 447. The highest BCUT2D eigenvalue weighted by molar-refractivity contribution is 5.41. The fraction of sp³-hybridized carbons (Fsp3) is 0.600. The van der Waals surface area contributed by atoms with E-state index < -0.39 is 0 Å². The summed E-state index contributed by atoms with van der Waals surface area (Å²) in [6, 6.07) is 6.50. The third-order valence-electron chi connectivity index (χ3n) is 4.57. The van der Waals surface area contributed by atoms with Crippen LogP contribution in [0.5, 0.6) is 5.75 Å². The summed E-state index contributed by atoms with van der Waals surface area (Å²) in [7, 11) is 4.20. The maximum absolute atomic E-state index is 5.84. The zero-order chi connectivity index (χ0) is 14.0. The van der Waals surface area contributed by atoms with Gasteiger partial charge in [0.25, 0.3) is 0 Å². The van der Waals surface area contributed by atoms with E-state index in [-0.39, 0.29) is 11.6 Å². The van der Waals surface area contributed by atoms with Crippen LogP contribution in [0.2, 0.25) is 0 Å². The van der Waals surface area contributed by atoms with E-state index in [0.29, 0.717) is 0 Å². The van der Waals surface area contributed by atoms with Crippen LogP contribution >= 0.6 is 0 Å². The van der Waals surface area contributed by atoms with E-state index in [1.807, 2.05) is 0 Å². The minimum Gasteiger partial charge on any atom is -0.493 e. The summed E-state index contributed by atoms with van der Waals surface area (Å²) in [5.41, 5.74) is 5.49. The molecule has 1 aromatic rings. The molecule has 4 heteroatoms.